The van der Waals surface area contributed by atoms with Gasteiger partial charge in [0.2, 0.25) is 0 Å². The standard InChI is InChI=1S/C16H12Br2O4/c1-2-21-15(19)12-9-10(17)7-8-14(12)22-16(20)11-5-3-4-6-13(11)18/h3-9H,2H2,1H3. The Morgan fingerprint density at radius 3 is 2.41 bits per heavy atom. The summed E-state index contributed by atoms with van der Waals surface area (Å²) in [5.74, 6) is -0.943. The molecule has 0 saturated carbocycles. The molecule has 0 N–H and O–H groups in total. The number of halogens is 2. The Labute approximate surface area is 144 Å². The molecule has 114 valence electrons. The SMILES string of the molecule is CCOC(=O)c1cc(Br)ccc1OC(=O)c1ccccc1Br. The van der Waals surface area contributed by atoms with Crippen molar-refractivity contribution in [3.8, 4) is 5.75 Å². The van der Waals surface area contributed by atoms with Gasteiger partial charge in [0.05, 0.1) is 12.2 Å². The van der Waals surface area contributed by atoms with E-state index in [2.05, 4.69) is 31.9 Å². The van der Waals surface area contributed by atoms with Gasteiger partial charge in [-0.1, -0.05) is 28.1 Å². The van der Waals surface area contributed by atoms with Crippen LogP contribution in [0.5, 0.6) is 5.75 Å². The van der Waals surface area contributed by atoms with Crippen LogP contribution in [0.2, 0.25) is 0 Å². The van der Waals surface area contributed by atoms with E-state index in [9.17, 15) is 9.59 Å². The molecule has 6 heteroatoms. The van der Waals surface area contributed by atoms with Crippen LogP contribution in [0.4, 0.5) is 0 Å². The van der Waals surface area contributed by atoms with E-state index in [1.807, 2.05) is 0 Å². The average molecular weight is 428 g/mol. The van der Waals surface area contributed by atoms with Crippen molar-refractivity contribution in [1.29, 1.82) is 0 Å². The van der Waals surface area contributed by atoms with Gasteiger partial charge in [-0.2, -0.15) is 0 Å². The lowest BCUT2D eigenvalue weighted by Gasteiger charge is -2.10. The summed E-state index contributed by atoms with van der Waals surface area (Å²) in [4.78, 5) is 24.2. The van der Waals surface area contributed by atoms with Crippen molar-refractivity contribution in [3.63, 3.8) is 0 Å². The molecule has 0 aliphatic carbocycles. The van der Waals surface area contributed by atoms with E-state index in [4.69, 9.17) is 9.47 Å². The molecule has 0 heterocycles. The Bertz CT molecular complexity index is 713. The van der Waals surface area contributed by atoms with Gasteiger partial charge in [0, 0.05) is 8.95 Å². The van der Waals surface area contributed by atoms with Crippen LogP contribution in [0, 0.1) is 0 Å². The first-order valence-electron chi connectivity index (χ1n) is 6.46. The average Bonchev–Trinajstić information content (AvgIpc) is 2.49. The molecule has 0 atom stereocenters. The summed E-state index contributed by atoms with van der Waals surface area (Å²) in [7, 11) is 0. The number of esters is 2. The molecule has 22 heavy (non-hydrogen) atoms. The summed E-state index contributed by atoms with van der Waals surface area (Å²) >= 11 is 6.58. The van der Waals surface area contributed by atoms with Crippen molar-refractivity contribution in [2.24, 2.45) is 0 Å². The van der Waals surface area contributed by atoms with Crippen molar-refractivity contribution in [3.05, 3.63) is 62.5 Å². The zero-order valence-corrected chi connectivity index (χ0v) is 14.8. The van der Waals surface area contributed by atoms with E-state index in [0.29, 0.717) is 14.5 Å². The van der Waals surface area contributed by atoms with Gasteiger partial charge < -0.3 is 9.47 Å². The van der Waals surface area contributed by atoms with Gasteiger partial charge in [-0.25, -0.2) is 9.59 Å². The molecule has 0 radical (unpaired) electrons. The monoisotopic (exact) mass is 426 g/mol. The van der Waals surface area contributed by atoms with Crippen LogP contribution in [-0.2, 0) is 4.74 Å². The third kappa shape index (κ3) is 3.96. The van der Waals surface area contributed by atoms with E-state index in [0.717, 1.165) is 0 Å². The fourth-order valence-corrected chi connectivity index (χ4v) is 2.55. The predicted octanol–water partition coefficient (Wildman–Crippen LogP) is 4.61. The topological polar surface area (TPSA) is 52.6 Å². The van der Waals surface area contributed by atoms with Crippen molar-refractivity contribution in [1.82, 2.24) is 0 Å². The van der Waals surface area contributed by atoms with Crippen LogP contribution in [0.25, 0.3) is 0 Å². The summed E-state index contributed by atoms with van der Waals surface area (Å²) in [6.45, 7) is 1.95. The summed E-state index contributed by atoms with van der Waals surface area (Å²) in [6, 6.07) is 11.7. The molecule has 0 bridgehead atoms. The largest absolute Gasteiger partial charge is 0.462 e. The fraction of sp³-hybridized carbons (Fsp3) is 0.125. The van der Waals surface area contributed by atoms with E-state index in [1.165, 1.54) is 0 Å². The number of carbonyl (C=O) groups excluding carboxylic acids is 2. The molecular formula is C16H12Br2O4. The number of hydrogen-bond acceptors (Lipinski definition) is 4. The van der Waals surface area contributed by atoms with Crippen LogP contribution in [0.15, 0.2) is 51.4 Å². The quantitative estimate of drug-likeness (QED) is 0.528. The summed E-state index contributed by atoms with van der Waals surface area (Å²) in [5, 5.41) is 0. The van der Waals surface area contributed by atoms with E-state index in [1.54, 1.807) is 49.4 Å². The lowest BCUT2D eigenvalue weighted by molar-refractivity contribution is 0.0520. The fourth-order valence-electron chi connectivity index (χ4n) is 1.74. The van der Waals surface area contributed by atoms with Crippen molar-refractivity contribution in [2.45, 2.75) is 6.92 Å². The minimum Gasteiger partial charge on any atom is -0.462 e. The van der Waals surface area contributed by atoms with Crippen molar-refractivity contribution < 1.29 is 19.1 Å². The van der Waals surface area contributed by atoms with Gasteiger partial charge in [-0.05, 0) is 53.2 Å². The maximum absolute atomic E-state index is 12.2. The molecule has 2 aromatic carbocycles. The summed E-state index contributed by atoms with van der Waals surface area (Å²) in [6.07, 6.45) is 0. The van der Waals surface area contributed by atoms with Gasteiger partial charge in [0.25, 0.3) is 0 Å². The number of ether oxygens (including phenoxy) is 2. The summed E-state index contributed by atoms with van der Waals surface area (Å²) < 4.78 is 11.6. The molecule has 0 amide bonds. The maximum atomic E-state index is 12.2. The highest BCUT2D eigenvalue weighted by Gasteiger charge is 2.19. The second-order valence-electron chi connectivity index (χ2n) is 4.23. The molecule has 0 spiro atoms. The molecule has 0 saturated heterocycles. The Hall–Kier alpha value is -1.66. The van der Waals surface area contributed by atoms with Gasteiger partial charge in [-0.3, -0.25) is 0 Å². The Morgan fingerprint density at radius 2 is 1.73 bits per heavy atom. The van der Waals surface area contributed by atoms with Gasteiger partial charge in [0.15, 0.2) is 0 Å². The van der Waals surface area contributed by atoms with Crippen LogP contribution in [-0.4, -0.2) is 18.5 Å². The Kier molecular flexibility index (Phi) is 5.74. The third-order valence-electron chi connectivity index (χ3n) is 2.73. The number of carbonyl (C=O) groups is 2. The first kappa shape index (κ1) is 16.7. The highest BCUT2D eigenvalue weighted by atomic mass is 79.9. The van der Waals surface area contributed by atoms with Gasteiger partial charge in [0.1, 0.15) is 11.3 Å². The second kappa shape index (κ2) is 7.56. The number of hydrogen-bond donors (Lipinski definition) is 0. The number of benzene rings is 2. The Morgan fingerprint density at radius 1 is 1.00 bits per heavy atom. The van der Waals surface area contributed by atoms with Crippen LogP contribution in [0.3, 0.4) is 0 Å². The summed E-state index contributed by atoms with van der Waals surface area (Å²) in [5.41, 5.74) is 0.567. The molecule has 2 aromatic rings. The van der Waals surface area contributed by atoms with Gasteiger partial charge >= 0.3 is 11.9 Å². The first-order chi connectivity index (χ1) is 10.5. The van der Waals surface area contributed by atoms with Crippen LogP contribution < -0.4 is 4.74 Å². The highest BCUT2D eigenvalue weighted by Crippen LogP contribution is 2.26. The first-order valence-corrected chi connectivity index (χ1v) is 8.05. The third-order valence-corrected chi connectivity index (χ3v) is 3.92. The maximum Gasteiger partial charge on any atom is 0.344 e. The molecule has 0 aliphatic rings. The zero-order chi connectivity index (χ0) is 16.1. The molecule has 0 unspecified atom stereocenters. The Balaban J connectivity index is 2.31. The van der Waals surface area contributed by atoms with Crippen LogP contribution in [0.1, 0.15) is 27.6 Å². The van der Waals surface area contributed by atoms with Gasteiger partial charge in [-0.15, -0.1) is 0 Å². The number of rotatable bonds is 4. The highest BCUT2D eigenvalue weighted by molar-refractivity contribution is 9.10. The molecule has 0 fully saturated rings. The smallest absolute Gasteiger partial charge is 0.344 e. The predicted molar refractivity (Wildman–Crippen MR) is 89.2 cm³/mol. The lowest BCUT2D eigenvalue weighted by atomic mass is 10.2. The zero-order valence-electron chi connectivity index (χ0n) is 11.6. The molecular weight excluding hydrogens is 416 g/mol. The van der Waals surface area contributed by atoms with Crippen LogP contribution >= 0.6 is 31.9 Å². The molecule has 0 aromatic heterocycles. The normalized spacial score (nSPS) is 10.1. The van der Waals surface area contributed by atoms with E-state index >= 15 is 0 Å². The van der Waals surface area contributed by atoms with E-state index in [-0.39, 0.29) is 17.9 Å². The van der Waals surface area contributed by atoms with Crippen molar-refractivity contribution >= 4 is 43.8 Å². The minimum atomic E-state index is -0.555. The molecule has 4 nitrogen and oxygen atoms in total. The molecule has 2 rings (SSSR count). The van der Waals surface area contributed by atoms with Crippen molar-refractivity contribution in [2.75, 3.05) is 6.61 Å². The van der Waals surface area contributed by atoms with E-state index < -0.39 is 11.9 Å². The minimum absolute atomic E-state index is 0.155. The second-order valence-corrected chi connectivity index (χ2v) is 6.00. The lowest BCUT2D eigenvalue weighted by Crippen LogP contribution is -2.13. The molecule has 0 aliphatic heterocycles.